The minimum absolute atomic E-state index is 0.626. The second-order valence-corrected chi connectivity index (χ2v) is 4.78. The summed E-state index contributed by atoms with van der Waals surface area (Å²) in [6, 6.07) is 1.91. The maximum absolute atomic E-state index is 4.38. The van der Waals surface area contributed by atoms with Crippen molar-refractivity contribution in [3.05, 3.63) is 35.7 Å². The van der Waals surface area contributed by atoms with Gasteiger partial charge in [-0.25, -0.2) is 19.9 Å². The van der Waals surface area contributed by atoms with E-state index in [-0.39, 0.29) is 0 Å². The molecule has 0 aromatic carbocycles. The van der Waals surface area contributed by atoms with Gasteiger partial charge in [-0.3, -0.25) is 0 Å². The highest BCUT2D eigenvalue weighted by atomic mass is 15.1. The van der Waals surface area contributed by atoms with Gasteiger partial charge in [-0.1, -0.05) is 13.8 Å². The van der Waals surface area contributed by atoms with Crippen molar-refractivity contribution >= 4 is 11.6 Å². The third kappa shape index (κ3) is 4.11. The fourth-order valence-electron chi connectivity index (χ4n) is 2.07. The smallest absolute Gasteiger partial charge is 0.135 e. The molecule has 0 amide bonds. The van der Waals surface area contributed by atoms with Gasteiger partial charge in [0.25, 0.3) is 0 Å². The van der Waals surface area contributed by atoms with Gasteiger partial charge in [-0.2, -0.15) is 0 Å². The predicted octanol–water partition coefficient (Wildman–Crippen LogP) is 2.57. The molecular formula is C15H22N6. The summed E-state index contributed by atoms with van der Waals surface area (Å²) in [4.78, 5) is 17.2. The third-order valence-electron chi connectivity index (χ3n) is 3.11. The van der Waals surface area contributed by atoms with Crippen molar-refractivity contribution in [3.63, 3.8) is 0 Å². The summed E-state index contributed by atoms with van der Waals surface area (Å²) in [5.41, 5.74) is 2.06. The zero-order valence-electron chi connectivity index (χ0n) is 12.8. The lowest BCUT2D eigenvalue weighted by molar-refractivity contribution is 0.927. The molecule has 0 aliphatic carbocycles. The van der Waals surface area contributed by atoms with E-state index in [1.54, 1.807) is 12.5 Å². The first-order valence-corrected chi connectivity index (χ1v) is 7.34. The lowest BCUT2D eigenvalue weighted by Crippen LogP contribution is -2.11. The first-order valence-electron chi connectivity index (χ1n) is 7.34. The van der Waals surface area contributed by atoms with Crippen LogP contribution in [0.4, 0.5) is 11.6 Å². The summed E-state index contributed by atoms with van der Waals surface area (Å²) >= 11 is 0. The van der Waals surface area contributed by atoms with E-state index in [1.807, 2.05) is 13.0 Å². The van der Waals surface area contributed by atoms with Gasteiger partial charge in [-0.15, -0.1) is 0 Å². The minimum atomic E-state index is 0.626. The number of rotatable bonds is 7. The SMILES string of the molecule is CCCNc1ncnc(NCc2ccnc(C)n2)c1CC. The number of nitrogens with one attached hydrogen (secondary N) is 2. The number of aryl methyl sites for hydroxylation is 1. The fraction of sp³-hybridized carbons (Fsp3) is 0.467. The van der Waals surface area contributed by atoms with E-state index in [0.29, 0.717) is 6.54 Å². The van der Waals surface area contributed by atoms with E-state index < -0.39 is 0 Å². The fourth-order valence-corrected chi connectivity index (χ4v) is 2.07. The second kappa shape index (κ2) is 7.52. The van der Waals surface area contributed by atoms with E-state index in [9.17, 15) is 0 Å². The van der Waals surface area contributed by atoms with Crippen LogP contribution in [0, 0.1) is 6.92 Å². The van der Waals surface area contributed by atoms with Gasteiger partial charge in [0.1, 0.15) is 23.8 Å². The summed E-state index contributed by atoms with van der Waals surface area (Å²) in [5.74, 6) is 2.55. The molecule has 0 spiro atoms. The van der Waals surface area contributed by atoms with Crippen LogP contribution in [0.25, 0.3) is 0 Å². The van der Waals surface area contributed by atoms with Gasteiger partial charge in [0.15, 0.2) is 0 Å². The van der Waals surface area contributed by atoms with Gasteiger partial charge in [0.05, 0.1) is 12.2 Å². The number of nitrogens with zero attached hydrogens (tertiary/aromatic N) is 4. The van der Waals surface area contributed by atoms with Gasteiger partial charge in [-0.05, 0) is 25.8 Å². The Hall–Kier alpha value is -2.24. The van der Waals surface area contributed by atoms with E-state index in [1.165, 1.54) is 0 Å². The van der Waals surface area contributed by atoms with Crippen molar-refractivity contribution in [2.24, 2.45) is 0 Å². The molecule has 0 aliphatic heterocycles. The number of aromatic nitrogens is 4. The zero-order valence-corrected chi connectivity index (χ0v) is 12.8. The Kier molecular flexibility index (Phi) is 5.43. The molecule has 2 aromatic heterocycles. The average Bonchev–Trinajstić information content (AvgIpc) is 2.50. The van der Waals surface area contributed by atoms with Crippen LogP contribution in [0.3, 0.4) is 0 Å². The molecule has 2 rings (SSSR count). The second-order valence-electron chi connectivity index (χ2n) is 4.78. The minimum Gasteiger partial charge on any atom is -0.370 e. The van der Waals surface area contributed by atoms with E-state index in [4.69, 9.17) is 0 Å². The molecule has 0 saturated carbocycles. The highest BCUT2D eigenvalue weighted by molar-refractivity contribution is 5.57. The molecule has 0 atom stereocenters. The molecule has 112 valence electrons. The van der Waals surface area contributed by atoms with Crippen LogP contribution >= 0.6 is 0 Å². The van der Waals surface area contributed by atoms with Crippen molar-refractivity contribution in [3.8, 4) is 0 Å². The third-order valence-corrected chi connectivity index (χ3v) is 3.11. The lowest BCUT2D eigenvalue weighted by Gasteiger charge is -2.14. The first-order chi connectivity index (χ1) is 10.2. The standard InChI is InChI=1S/C15H22N6/c1-4-7-17-14-13(5-2)15(20-10-19-14)18-9-12-6-8-16-11(3)21-12/h6,8,10H,4-5,7,9H2,1-3H3,(H2,17,18,19,20). The van der Waals surface area contributed by atoms with Crippen LogP contribution in [0.2, 0.25) is 0 Å². The first kappa shape index (κ1) is 15.2. The van der Waals surface area contributed by atoms with Crippen molar-refractivity contribution in [2.45, 2.75) is 40.2 Å². The van der Waals surface area contributed by atoms with E-state index >= 15 is 0 Å². The van der Waals surface area contributed by atoms with Crippen molar-refractivity contribution in [1.29, 1.82) is 0 Å². The summed E-state index contributed by atoms with van der Waals surface area (Å²) < 4.78 is 0. The average molecular weight is 286 g/mol. The van der Waals surface area contributed by atoms with Crippen LogP contribution in [0.5, 0.6) is 0 Å². The van der Waals surface area contributed by atoms with Gasteiger partial charge >= 0.3 is 0 Å². The van der Waals surface area contributed by atoms with Crippen LogP contribution in [0.1, 0.15) is 37.4 Å². The van der Waals surface area contributed by atoms with Crippen LogP contribution in [-0.4, -0.2) is 26.5 Å². The van der Waals surface area contributed by atoms with Crippen molar-refractivity contribution in [2.75, 3.05) is 17.2 Å². The van der Waals surface area contributed by atoms with Crippen LogP contribution in [0.15, 0.2) is 18.6 Å². The number of hydrogen-bond donors (Lipinski definition) is 2. The molecule has 0 unspecified atom stereocenters. The van der Waals surface area contributed by atoms with E-state index in [0.717, 1.165) is 48.1 Å². The Morgan fingerprint density at radius 1 is 1.05 bits per heavy atom. The summed E-state index contributed by atoms with van der Waals surface area (Å²) in [7, 11) is 0. The highest BCUT2D eigenvalue weighted by Gasteiger charge is 2.09. The molecule has 2 heterocycles. The molecule has 0 saturated heterocycles. The molecule has 6 heteroatoms. The Balaban J connectivity index is 2.12. The molecule has 2 aromatic rings. The highest BCUT2D eigenvalue weighted by Crippen LogP contribution is 2.20. The molecule has 2 N–H and O–H groups in total. The summed E-state index contributed by atoms with van der Waals surface area (Å²) in [5, 5.41) is 6.69. The zero-order chi connectivity index (χ0) is 15.1. The molecule has 0 radical (unpaired) electrons. The Morgan fingerprint density at radius 3 is 2.48 bits per heavy atom. The Morgan fingerprint density at radius 2 is 1.81 bits per heavy atom. The molecule has 0 bridgehead atoms. The van der Waals surface area contributed by atoms with Gasteiger partial charge in [0, 0.05) is 18.3 Å². The van der Waals surface area contributed by atoms with Crippen LogP contribution < -0.4 is 10.6 Å². The quantitative estimate of drug-likeness (QED) is 0.814. The van der Waals surface area contributed by atoms with E-state index in [2.05, 4.69) is 44.4 Å². The molecule has 21 heavy (non-hydrogen) atoms. The topological polar surface area (TPSA) is 75.6 Å². The molecule has 0 fully saturated rings. The number of hydrogen-bond acceptors (Lipinski definition) is 6. The predicted molar refractivity (Wildman–Crippen MR) is 84.3 cm³/mol. The van der Waals surface area contributed by atoms with Crippen molar-refractivity contribution < 1.29 is 0 Å². The Labute approximate surface area is 125 Å². The maximum Gasteiger partial charge on any atom is 0.135 e. The summed E-state index contributed by atoms with van der Waals surface area (Å²) in [6.45, 7) is 7.67. The van der Waals surface area contributed by atoms with Gasteiger partial charge in [0.2, 0.25) is 0 Å². The molecule has 0 aliphatic rings. The summed E-state index contributed by atoms with van der Waals surface area (Å²) in [6.07, 6.45) is 5.30. The Bertz CT molecular complexity index is 584. The number of anilines is 2. The normalized spacial score (nSPS) is 10.4. The largest absolute Gasteiger partial charge is 0.370 e. The molecular weight excluding hydrogens is 264 g/mol. The molecule has 6 nitrogen and oxygen atoms in total. The lowest BCUT2D eigenvalue weighted by atomic mass is 10.2. The monoisotopic (exact) mass is 286 g/mol. The maximum atomic E-state index is 4.38. The van der Waals surface area contributed by atoms with Crippen molar-refractivity contribution in [1.82, 2.24) is 19.9 Å². The van der Waals surface area contributed by atoms with Crippen LogP contribution in [-0.2, 0) is 13.0 Å². The van der Waals surface area contributed by atoms with Gasteiger partial charge < -0.3 is 10.6 Å².